The molecule has 2 N–H and O–H groups in total. The van der Waals surface area contributed by atoms with E-state index in [9.17, 15) is 14.0 Å². The molecule has 0 aliphatic carbocycles. The summed E-state index contributed by atoms with van der Waals surface area (Å²) in [6.45, 7) is 5.64. The maximum atomic E-state index is 13.4. The van der Waals surface area contributed by atoms with E-state index in [2.05, 4.69) is 5.32 Å². The van der Waals surface area contributed by atoms with Gasteiger partial charge in [0.2, 0.25) is 0 Å². The van der Waals surface area contributed by atoms with Crippen LogP contribution in [0.4, 0.5) is 4.39 Å². The smallest absolute Gasteiger partial charge is 0.326 e. The first-order chi connectivity index (χ1) is 10.5. The average Bonchev–Trinajstić information content (AvgIpc) is 2.40. The molecule has 0 aliphatic heterocycles. The van der Waals surface area contributed by atoms with Crippen molar-refractivity contribution >= 4 is 35.1 Å². The van der Waals surface area contributed by atoms with E-state index in [0.717, 1.165) is 12.1 Å². The number of benzene rings is 1. The summed E-state index contributed by atoms with van der Waals surface area (Å²) >= 11 is 11.4. The first kappa shape index (κ1) is 19.7. The number of hydrogen-bond donors (Lipinski definition) is 2. The fraction of sp³-hybridized carbons (Fsp3) is 0.467. The van der Waals surface area contributed by atoms with Crippen LogP contribution in [-0.2, 0) is 9.53 Å². The average molecular weight is 366 g/mol. The Hall–Kier alpha value is -1.37. The van der Waals surface area contributed by atoms with E-state index in [1.165, 1.54) is 0 Å². The van der Waals surface area contributed by atoms with Crippen LogP contribution in [0.15, 0.2) is 12.1 Å². The summed E-state index contributed by atoms with van der Waals surface area (Å²) < 4.78 is 18.9. The molecule has 128 valence electrons. The molecule has 0 bridgehead atoms. The van der Waals surface area contributed by atoms with Gasteiger partial charge in [-0.15, -0.1) is 0 Å². The number of rotatable bonds is 6. The molecule has 1 amide bonds. The Morgan fingerprint density at radius 2 is 1.91 bits per heavy atom. The Labute approximate surface area is 143 Å². The number of nitrogens with one attached hydrogen (secondary N) is 1. The maximum absolute atomic E-state index is 13.4. The van der Waals surface area contributed by atoms with Gasteiger partial charge in [0.25, 0.3) is 5.91 Å². The molecule has 8 heteroatoms. The number of halogens is 3. The highest BCUT2D eigenvalue weighted by atomic mass is 35.5. The van der Waals surface area contributed by atoms with Gasteiger partial charge in [0.1, 0.15) is 11.9 Å². The number of ether oxygens (including phenoxy) is 1. The zero-order chi connectivity index (χ0) is 17.8. The molecule has 5 nitrogen and oxygen atoms in total. The third kappa shape index (κ3) is 6.33. The number of carboxylic acids is 1. The SMILES string of the molecule is CC(C)(C)OCCC(NC(=O)c1cc(F)c(Cl)cc1Cl)C(=O)O. The van der Waals surface area contributed by atoms with Gasteiger partial charge in [-0.05, 0) is 32.9 Å². The Morgan fingerprint density at radius 1 is 1.30 bits per heavy atom. The van der Waals surface area contributed by atoms with Crippen molar-refractivity contribution in [2.45, 2.75) is 38.8 Å². The zero-order valence-corrected chi connectivity index (χ0v) is 14.5. The lowest BCUT2D eigenvalue weighted by atomic mass is 10.1. The molecule has 0 fully saturated rings. The summed E-state index contributed by atoms with van der Waals surface area (Å²) in [4.78, 5) is 23.3. The molecule has 0 aromatic heterocycles. The molecule has 1 unspecified atom stereocenters. The van der Waals surface area contributed by atoms with Crippen LogP contribution in [0.25, 0.3) is 0 Å². The lowest BCUT2D eigenvalue weighted by Crippen LogP contribution is -2.42. The molecule has 0 spiro atoms. The van der Waals surface area contributed by atoms with Crippen molar-refractivity contribution in [2.24, 2.45) is 0 Å². The van der Waals surface area contributed by atoms with Crippen molar-refractivity contribution in [3.63, 3.8) is 0 Å². The quantitative estimate of drug-likeness (QED) is 0.756. The number of hydrogen-bond acceptors (Lipinski definition) is 3. The topological polar surface area (TPSA) is 75.6 Å². The minimum Gasteiger partial charge on any atom is -0.480 e. The summed E-state index contributed by atoms with van der Waals surface area (Å²) in [5, 5.41) is 11.2. The van der Waals surface area contributed by atoms with Crippen LogP contribution in [0.1, 0.15) is 37.6 Å². The van der Waals surface area contributed by atoms with E-state index in [1.807, 2.05) is 20.8 Å². The highest BCUT2D eigenvalue weighted by Crippen LogP contribution is 2.24. The van der Waals surface area contributed by atoms with Crippen LogP contribution in [0, 0.1) is 5.82 Å². The fourth-order valence-electron chi connectivity index (χ4n) is 1.67. The Morgan fingerprint density at radius 3 is 2.43 bits per heavy atom. The molecule has 23 heavy (non-hydrogen) atoms. The van der Waals surface area contributed by atoms with Gasteiger partial charge in [0.15, 0.2) is 0 Å². The molecule has 1 atom stereocenters. The first-order valence-electron chi connectivity index (χ1n) is 6.83. The van der Waals surface area contributed by atoms with Gasteiger partial charge in [-0.25, -0.2) is 9.18 Å². The van der Waals surface area contributed by atoms with Crippen molar-refractivity contribution in [3.8, 4) is 0 Å². The molecule has 1 rings (SSSR count). The minimum absolute atomic E-state index is 0.0615. The van der Waals surface area contributed by atoms with E-state index < -0.39 is 29.3 Å². The van der Waals surface area contributed by atoms with Crippen molar-refractivity contribution in [1.82, 2.24) is 5.32 Å². The predicted octanol–water partition coefficient (Wildman–Crippen LogP) is 3.52. The summed E-state index contributed by atoms with van der Waals surface area (Å²) in [5.41, 5.74) is -0.605. The number of carboxylic acid groups (broad SMARTS) is 1. The summed E-state index contributed by atoms with van der Waals surface area (Å²) in [6, 6.07) is 0.774. The van der Waals surface area contributed by atoms with E-state index >= 15 is 0 Å². The van der Waals surface area contributed by atoms with Crippen LogP contribution in [0.5, 0.6) is 0 Å². The van der Waals surface area contributed by atoms with Crippen molar-refractivity contribution < 1.29 is 23.8 Å². The van der Waals surface area contributed by atoms with Crippen LogP contribution in [0.2, 0.25) is 10.0 Å². The molecule has 0 aliphatic rings. The monoisotopic (exact) mass is 365 g/mol. The Kier molecular flexibility index (Phi) is 6.80. The molecular formula is C15H18Cl2FNO4. The summed E-state index contributed by atoms with van der Waals surface area (Å²) in [6.07, 6.45) is 0.0615. The molecule has 0 saturated heterocycles. The zero-order valence-electron chi connectivity index (χ0n) is 13.0. The predicted molar refractivity (Wildman–Crippen MR) is 85.6 cm³/mol. The molecule has 1 aromatic carbocycles. The lowest BCUT2D eigenvalue weighted by molar-refractivity contribution is -0.140. The summed E-state index contributed by atoms with van der Waals surface area (Å²) in [7, 11) is 0. The van der Waals surface area contributed by atoms with E-state index in [0.29, 0.717) is 0 Å². The lowest BCUT2D eigenvalue weighted by Gasteiger charge is -2.21. The molecule has 0 saturated carbocycles. The van der Waals surface area contributed by atoms with Gasteiger partial charge in [-0.3, -0.25) is 4.79 Å². The third-order valence-corrected chi connectivity index (χ3v) is 3.40. The maximum Gasteiger partial charge on any atom is 0.326 e. The van der Waals surface area contributed by atoms with E-state index in [-0.39, 0.29) is 28.6 Å². The van der Waals surface area contributed by atoms with Gasteiger partial charge in [-0.1, -0.05) is 23.2 Å². The van der Waals surface area contributed by atoms with Gasteiger partial charge in [-0.2, -0.15) is 0 Å². The van der Waals surface area contributed by atoms with Crippen LogP contribution in [-0.4, -0.2) is 35.2 Å². The Bertz CT molecular complexity index is 602. The second-order valence-electron chi connectivity index (χ2n) is 5.86. The van der Waals surface area contributed by atoms with Gasteiger partial charge < -0.3 is 15.2 Å². The molecule has 0 radical (unpaired) electrons. The van der Waals surface area contributed by atoms with Gasteiger partial charge in [0, 0.05) is 13.0 Å². The number of carbonyl (C=O) groups excluding carboxylic acids is 1. The summed E-state index contributed by atoms with van der Waals surface area (Å²) in [5.74, 6) is -2.83. The standard InChI is InChI=1S/C15H18Cl2FNO4/c1-15(2,3)23-5-4-12(14(21)22)19-13(20)8-6-11(18)10(17)7-9(8)16/h6-7,12H,4-5H2,1-3H3,(H,19,20)(H,21,22). The highest BCUT2D eigenvalue weighted by molar-refractivity contribution is 6.36. The van der Waals surface area contributed by atoms with Crippen molar-refractivity contribution in [1.29, 1.82) is 0 Å². The molecule has 0 heterocycles. The largest absolute Gasteiger partial charge is 0.480 e. The third-order valence-electron chi connectivity index (χ3n) is 2.80. The first-order valence-corrected chi connectivity index (χ1v) is 7.59. The normalized spacial score (nSPS) is 12.8. The van der Waals surface area contributed by atoms with E-state index in [1.54, 1.807) is 0 Å². The Balaban J connectivity index is 2.79. The molecular weight excluding hydrogens is 348 g/mol. The number of aliphatic carboxylic acids is 1. The second kappa shape index (κ2) is 7.95. The van der Waals surface area contributed by atoms with Crippen LogP contribution < -0.4 is 5.32 Å². The van der Waals surface area contributed by atoms with Crippen LogP contribution in [0.3, 0.4) is 0 Å². The number of carbonyl (C=O) groups is 2. The van der Waals surface area contributed by atoms with Crippen molar-refractivity contribution in [3.05, 3.63) is 33.6 Å². The van der Waals surface area contributed by atoms with E-state index in [4.69, 9.17) is 33.0 Å². The van der Waals surface area contributed by atoms with Gasteiger partial charge >= 0.3 is 5.97 Å². The number of amides is 1. The second-order valence-corrected chi connectivity index (χ2v) is 6.67. The highest BCUT2D eigenvalue weighted by Gasteiger charge is 2.23. The molecule has 1 aromatic rings. The van der Waals surface area contributed by atoms with Gasteiger partial charge in [0.05, 0.1) is 21.2 Å². The van der Waals surface area contributed by atoms with Crippen molar-refractivity contribution in [2.75, 3.05) is 6.61 Å². The fourth-order valence-corrected chi connectivity index (χ4v) is 2.14. The van der Waals surface area contributed by atoms with Crippen LogP contribution >= 0.6 is 23.2 Å². The minimum atomic E-state index is -1.22.